The highest BCUT2D eigenvalue weighted by Gasteiger charge is 2.31. The van der Waals surface area contributed by atoms with Crippen LogP contribution in [-0.4, -0.2) is 36.3 Å². The van der Waals surface area contributed by atoms with Crippen molar-refractivity contribution in [2.75, 3.05) is 24.5 Å². The highest BCUT2D eigenvalue weighted by molar-refractivity contribution is 5.96. The SMILES string of the molecule is O=C(CCc1ccccc1)N1CCC(C(=O)N2CCCCc3ccccc32)CC1. The van der Waals surface area contributed by atoms with E-state index < -0.39 is 0 Å². The van der Waals surface area contributed by atoms with E-state index in [0.29, 0.717) is 19.5 Å². The number of aryl methyl sites for hydroxylation is 2. The van der Waals surface area contributed by atoms with Gasteiger partial charge in [-0.05, 0) is 55.7 Å². The summed E-state index contributed by atoms with van der Waals surface area (Å²) in [5.41, 5.74) is 3.58. The summed E-state index contributed by atoms with van der Waals surface area (Å²) >= 11 is 0. The van der Waals surface area contributed by atoms with E-state index in [9.17, 15) is 9.59 Å². The fraction of sp³-hybridized carbons (Fsp3) is 0.440. The second-order valence-corrected chi connectivity index (χ2v) is 8.22. The van der Waals surface area contributed by atoms with E-state index in [1.54, 1.807) is 0 Å². The maximum Gasteiger partial charge on any atom is 0.230 e. The summed E-state index contributed by atoms with van der Waals surface area (Å²) < 4.78 is 0. The van der Waals surface area contributed by atoms with Crippen molar-refractivity contribution in [3.8, 4) is 0 Å². The first-order chi connectivity index (χ1) is 14.2. The van der Waals surface area contributed by atoms with E-state index in [4.69, 9.17) is 0 Å². The molecule has 2 aliphatic rings. The molecular weight excluding hydrogens is 360 g/mol. The molecule has 0 radical (unpaired) electrons. The first-order valence-corrected chi connectivity index (χ1v) is 10.9. The van der Waals surface area contributed by atoms with Gasteiger partial charge < -0.3 is 9.80 Å². The van der Waals surface area contributed by atoms with Crippen LogP contribution in [0.25, 0.3) is 0 Å². The molecule has 0 aromatic heterocycles. The first-order valence-electron chi connectivity index (χ1n) is 10.9. The normalized spacial score (nSPS) is 17.5. The van der Waals surface area contributed by atoms with E-state index >= 15 is 0 Å². The van der Waals surface area contributed by atoms with Gasteiger partial charge in [0.2, 0.25) is 11.8 Å². The molecule has 0 unspecified atom stereocenters. The Bertz CT molecular complexity index is 841. The third-order valence-corrected chi connectivity index (χ3v) is 6.29. The molecule has 0 aliphatic carbocycles. The van der Waals surface area contributed by atoms with Crippen LogP contribution in [0.15, 0.2) is 54.6 Å². The molecule has 4 rings (SSSR count). The number of amides is 2. The zero-order valence-corrected chi connectivity index (χ0v) is 17.1. The molecule has 152 valence electrons. The Morgan fingerprint density at radius 3 is 2.38 bits per heavy atom. The third kappa shape index (κ3) is 4.69. The van der Waals surface area contributed by atoms with Crippen LogP contribution < -0.4 is 4.90 Å². The number of hydrogen-bond acceptors (Lipinski definition) is 2. The van der Waals surface area contributed by atoms with Gasteiger partial charge in [-0.1, -0.05) is 48.5 Å². The van der Waals surface area contributed by atoms with Crippen LogP contribution in [0.1, 0.15) is 43.2 Å². The van der Waals surface area contributed by atoms with E-state index in [0.717, 1.165) is 50.8 Å². The molecule has 2 aromatic carbocycles. The van der Waals surface area contributed by atoms with Crippen molar-refractivity contribution in [3.63, 3.8) is 0 Å². The van der Waals surface area contributed by atoms with Crippen LogP contribution in [0.4, 0.5) is 5.69 Å². The maximum atomic E-state index is 13.3. The van der Waals surface area contributed by atoms with Gasteiger partial charge >= 0.3 is 0 Å². The number of carbonyl (C=O) groups excluding carboxylic acids is 2. The molecule has 4 heteroatoms. The molecule has 4 nitrogen and oxygen atoms in total. The Hall–Kier alpha value is -2.62. The van der Waals surface area contributed by atoms with Crippen LogP contribution in [0.3, 0.4) is 0 Å². The minimum atomic E-state index is 0.0272. The minimum absolute atomic E-state index is 0.0272. The number of para-hydroxylation sites is 1. The Labute approximate surface area is 173 Å². The summed E-state index contributed by atoms with van der Waals surface area (Å²) in [4.78, 5) is 29.8. The van der Waals surface area contributed by atoms with Crippen LogP contribution in [0, 0.1) is 5.92 Å². The highest BCUT2D eigenvalue weighted by Crippen LogP contribution is 2.30. The fourth-order valence-corrected chi connectivity index (χ4v) is 4.57. The number of rotatable bonds is 4. The minimum Gasteiger partial charge on any atom is -0.343 e. The van der Waals surface area contributed by atoms with Gasteiger partial charge in [-0.15, -0.1) is 0 Å². The number of anilines is 1. The van der Waals surface area contributed by atoms with Gasteiger partial charge in [-0.2, -0.15) is 0 Å². The zero-order valence-electron chi connectivity index (χ0n) is 17.1. The molecule has 0 bridgehead atoms. The predicted molar refractivity (Wildman–Crippen MR) is 116 cm³/mol. The molecule has 0 spiro atoms. The van der Waals surface area contributed by atoms with Crippen LogP contribution in [0.5, 0.6) is 0 Å². The number of nitrogens with zero attached hydrogens (tertiary/aromatic N) is 2. The summed E-state index contributed by atoms with van der Waals surface area (Å²) in [6, 6.07) is 18.5. The fourth-order valence-electron chi connectivity index (χ4n) is 4.57. The summed E-state index contributed by atoms with van der Waals surface area (Å²) in [5.74, 6) is 0.481. The summed E-state index contributed by atoms with van der Waals surface area (Å²) in [6.07, 6.45) is 6.11. The second-order valence-electron chi connectivity index (χ2n) is 8.22. The molecule has 1 saturated heterocycles. The van der Waals surface area contributed by atoms with E-state index in [1.165, 1.54) is 11.1 Å². The monoisotopic (exact) mass is 390 g/mol. The maximum absolute atomic E-state index is 13.3. The van der Waals surface area contributed by atoms with Crippen molar-refractivity contribution in [1.82, 2.24) is 4.90 Å². The largest absolute Gasteiger partial charge is 0.343 e. The quantitative estimate of drug-likeness (QED) is 0.784. The number of piperidine rings is 1. The van der Waals surface area contributed by atoms with Crippen molar-refractivity contribution in [3.05, 3.63) is 65.7 Å². The van der Waals surface area contributed by atoms with Gasteiger partial charge in [0, 0.05) is 37.7 Å². The van der Waals surface area contributed by atoms with E-state index in [-0.39, 0.29) is 17.7 Å². The number of hydrogen-bond donors (Lipinski definition) is 0. The van der Waals surface area contributed by atoms with Crippen LogP contribution in [0.2, 0.25) is 0 Å². The molecule has 2 heterocycles. The van der Waals surface area contributed by atoms with Gasteiger partial charge in [-0.3, -0.25) is 9.59 Å². The Morgan fingerprint density at radius 1 is 0.862 bits per heavy atom. The average molecular weight is 391 g/mol. The van der Waals surface area contributed by atoms with E-state index in [1.807, 2.05) is 34.1 Å². The molecule has 29 heavy (non-hydrogen) atoms. The van der Waals surface area contributed by atoms with Crippen molar-refractivity contribution in [2.45, 2.75) is 44.9 Å². The molecule has 2 aromatic rings. The lowest BCUT2D eigenvalue weighted by molar-refractivity contribution is -0.134. The number of benzene rings is 2. The van der Waals surface area contributed by atoms with Gasteiger partial charge in [-0.25, -0.2) is 0 Å². The lowest BCUT2D eigenvalue weighted by Gasteiger charge is -2.34. The zero-order chi connectivity index (χ0) is 20.1. The van der Waals surface area contributed by atoms with Crippen molar-refractivity contribution in [1.29, 1.82) is 0 Å². The van der Waals surface area contributed by atoms with E-state index in [2.05, 4.69) is 30.3 Å². The molecule has 0 atom stereocenters. The topological polar surface area (TPSA) is 40.6 Å². The average Bonchev–Trinajstić information content (AvgIpc) is 3.00. The molecule has 2 aliphatic heterocycles. The lowest BCUT2D eigenvalue weighted by atomic mass is 9.94. The number of carbonyl (C=O) groups is 2. The number of likely N-dealkylation sites (tertiary alicyclic amines) is 1. The van der Waals surface area contributed by atoms with Crippen LogP contribution >= 0.6 is 0 Å². The summed E-state index contributed by atoms with van der Waals surface area (Å²) in [7, 11) is 0. The van der Waals surface area contributed by atoms with Gasteiger partial charge in [0.05, 0.1) is 0 Å². The highest BCUT2D eigenvalue weighted by atomic mass is 16.2. The van der Waals surface area contributed by atoms with Crippen molar-refractivity contribution in [2.24, 2.45) is 5.92 Å². The van der Waals surface area contributed by atoms with Gasteiger partial charge in [0.15, 0.2) is 0 Å². The Morgan fingerprint density at radius 2 is 1.59 bits per heavy atom. The van der Waals surface area contributed by atoms with Crippen LogP contribution in [-0.2, 0) is 22.4 Å². The molecule has 0 saturated carbocycles. The molecule has 0 N–H and O–H groups in total. The smallest absolute Gasteiger partial charge is 0.230 e. The summed E-state index contributed by atoms with van der Waals surface area (Å²) in [6.45, 7) is 2.20. The third-order valence-electron chi connectivity index (χ3n) is 6.29. The Balaban J connectivity index is 1.32. The predicted octanol–water partition coefficient (Wildman–Crippen LogP) is 4.23. The van der Waals surface area contributed by atoms with Gasteiger partial charge in [0.1, 0.15) is 0 Å². The first kappa shape index (κ1) is 19.7. The standard InChI is InChI=1S/C25H30N2O2/c28-24(14-13-20-8-2-1-3-9-20)26-18-15-22(16-19-26)25(29)27-17-7-6-11-21-10-4-5-12-23(21)27/h1-5,8-10,12,22H,6-7,11,13-19H2. The summed E-state index contributed by atoms with van der Waals surface area (Å²) in [5, 5.41) is 0. The van der Waals surface area contributed by atoms with Gasteiger partial charge in [0.25, 0.3) is 0 Å². The van der Waals surface area contributed by atoms with Crippen molar-refractivity contribution >= 4 is 17.5 Å². The number of fused-ring (bicyclic) bond motifs is 1. The molecule has 1 fully saturated rings. The lowest BCUT2D eigenvalue weighted by Crippen LogP contribution is -2.44. The second kappa shape index (κ2) is 9.25. The Kier molecular flexibility index (Phi) is 6.28. The molecule has 2 amide bonds. The van der Waals surface area contributed by atoms with Crippen molar-refractivity contribution < 1.29 is 9.59 Å². The molecular formula is C25H30N2O2.